The number of carbonyl (C=O) groups is 1. The Kier molecular flexibility index (Phi) is 54.6. The van der Waals surface area contributed by atoms with Gasteiger partial charge in [-0.3, -0.25) is 4.79 Å². The monoisotopic (exact) mass is 936 g/mol. The summed E-state index contributed by atoms with van der Waals surface area (Å²) < 4.78 is 5.56. The largest absolute Gasteiger partial charge is 0.466 e. The fraction of sp³-hybridized carbons (Fsp3) is 0.983. The molecule has 0 saturated carbocycles. The van der Waals surface area contributed by atoms with Crippen molar-refractivity contribution < 1.29 is 19.7 Å². The molecular weight excluding hydrogens is 815 g/mol. The topological polar surface area (TPSA) is 85.3 Å². The SMILES string of the molecule is CCCCCCCCCCCCCCOC(=O)CCCCC(O)CN(CCCCCCCCCCCCCC)CCCCN(CCCCCCCCCCCCCC)CC(O)CNCCC. The highest BCUT2D eigenvalue weighted by atomic mass is 16.5. The van der Waals surface area contributed by atoms with Gasteiger partial charge in [0.05, 0.1) is 18.8 Å². The summed E-state index contributed by atoms with van der Waals surface area (Å²) in [5, 5.41) is 25.5. The number of esters is 1. The van der Waals surface area contributed by atoms with Crippen LogP contribution >= 0.6 is 0 Å². The van der Waals surface area contributed by atoms with Crippen LogP contribution in [0.3, 0.4) is 0 Å². The number of hydrogen-bond acceptors (Lipinski definition) is 7. The average molecular weight is 937 g/mol. The summed E-state index contributed by atoms with van der Waals surface area (Å²) in [6, 6.07) is 0. The maximum absolute atomic E-state index is 12.4. The highest BCUT2D eigenvalue weighted by molar-refractivity contribution is 5.69. The number of aliphatic hydroxyl groups is 2. The summed E-state index contributed by atoms with van der Waals surface area (Å²) in [7, 11) is 0. The van der Waals surface area contributed by atoms with Gasteiger partial charge in [-0.15, -0.1) is 0 Å². The number of rotatable bonds is 57. The van der Waals surface area contributed by atoms with Crippen LogP contribution in [0.1, 0.15) is 304 Å². The van der Waals surface area contributed by atoms with Crippen molar-refractivity contribution in [2.24, 2.45) is 0 Å². The van der Waals surface area contributed by atoms with Gasteiger partial charge in [-0.2, -0.15) is 0 Å². The van der Waals surface area contributed by atoms with E-state index in [1.54, 1.807) is 0 Å². The molecule has 0 aromatic rings. The molecule has 0 aliphatic heterocycles. The number of carbonyl (C=O) groups excluding carboxylic acids is 1. The first-order chi connectivity index (χ1) is 32.5. The molecule has 2 atom stereocenters. The summed E-state index contributed by atoms with van der Waals surface area (Å²) in [6.45, 7) is 16.9. The van der Waals surface area contributed by atoms with Gasteiger partial charge in [0.25, 0.3) is 0 Å². The van der Waals surface area contributed by atoms with Gasteiger partial charge in [0, 0.05) is 26.1 Å². The molecule has 0 aromatic carbocycles. The lowest BCUT2D eigenvalue weighted by Gasteiger charge is -2.27. The molecule has 0 rings (SSSR count). The van der Waals surface area contributed by atoms with Crippen molar-refractivity contribution in [2.45, 2.75) is 316 Å². The molecule has 0 bridgehead atoms. The van der Waals surface area contributed by atoms with Crippen LogP contribution in [0.5, 0.6) is 0 Å². The normalized spacial score (nSPS) is 12.8. The maximum Gasteiger partial charge on any atom is 0.305 e. The van der Waals surface area contributed by atoms with Crippen LogP contribution in [0.25, 0.3) is 0 Å². The van der Waals surface area contributed by atoms with Crippen LogP contribution in [-0.4, -0.2) is 97.2 Å². The van der Waals surface area contributed by atoms with E-state index in [4.69, 9.17) is 4.74 Å². The zero-order valence-electron chi connectivity index (χ0n) is 45.5. The molecule has 0 fully saturated rings. The van der Waals surface area contributed by atoms with Crippen LogP contribution in [0.15, 0.2) is 0 Å². The van der Waals surface area contributed by atoms with Crippen molar-refractivity contribution in [3.05, 3.63) is 0 Å². The van der Waals surface area contributed by atoms with E-state index in [-0.39, 0.29) is 18.2 Å². The molecule has 0 aliphatic carbocycles. The van der Waals surface area contributed by atoms with Gasteiger partial charge in [-0.05, 0) is 84.1 Å². The van der Waals surface area contributed by atoms with E-state index in [0.717, 1.165) is 97.2 Å². The summed E-state index contributed by atoms with van der Waals surface area (Å²) in [4.78, 5) is 17.5. The van der Waals surface area contributed by atoms with Crippen molar-refractivity contribution >= 4 is 5.97 Å². The number of hydrogen-bond donors (Lipinski definition) is 3. The van der Waals surface area contributed by atoms with Crippen molar-refractivity contribution in [2.75, 3.05) is 59.0 Å². The number of nitrogens with one attached hydrogen (secondary N) is 1. The van der Waals surface area contributed by atoms with Crippen LogP contribution in [0, 0.1) is 0 Å². The zero-order valence-corrected chi connectivity index (χ0v) is 45.5. The fourth-order valence-electron chi connectivity index (χ4n) is 9.66. The second-order valence-electron chi connectivity index (χ2n) is 21.0. The molecule has 0 aromatic heterocycles. The zero-order chi connectivity index (χ0) is 48.1. The van der Waals surface area contributed by atoms with Gasteiger partial charge in [0.1, 0.15) is 0 Å². The molecular formula is C59H121N3O4. The Labute approximate surface area is 414 Å². The average Bonchev–Trinajstić information content (AvgIpc) is 3.31. The minimum atomic E-state index is -0.354. The molecule has 0 radical (unpaired) electrons. The third-order valence-corrected chi connectivity index (χ3v) is 14.0. The molecule has 0 aliphatic rings. The predicted molar refractivity (Wildman–Crippen MR) is 290 cm³/mol. The molecule has 2 unspecified atom stereocenters. The van der Waals surface area contributed by atoms with Crippen LogP contribution in [0.2, 0.25) is 0 Å². The van der Waals surface area contributed by atoms with E-state index in [0.29, 0.717) is 19.6 Å². The van der Waals surface area contributed by atoms with Crippen molar-refractivity contribution in [3.63, 3.8) is 0 Å². The maximum atomic E-state index is 12.4. The van der Waals surface area contributed by atoms with Crippen LogP contribution in [-0.2, 0) is 9.53 Å². The predicted octanol–water partition coefficient (Wildman–Crippen LogP) is 16.3. The Hall–Kier alpha value is -0.730. The van der Waals surface area contributed by atoms with E-state index in [1.165, 1.54) is 218 Å². The molecule has 0 amide bonds. The van der Waals surface area contributed by atoms with E-state index in [9.17, 15) is 15.0 Å². The molecule has 0 heterocycles. The lowest BCUT2D eigenvalue weighted by Crippen LogP contribution is -2.40. The van der Waals surface area contributed by atoms with Crippen molar-refractivity contribution in [1.29, 1.82) is 0 Å². The molecule has 3 N–H and O–H groups in total. The Morgan fingerprint density at radius 2 is 0.712 bits per heavy atom. The molecule has 7 nitrogen and oxygen atoms in total. The molecule has 66 heavy (non-hydrogen) atoms. The third kappa shape index (κ3) is 51.1. The molecule has 0 spiro atoms. The first-order valence-corrected chi connectivity index (χ1v) is 30.1. The molecule has 7 heteroatoms. The van der Waals surface area contributed by atoms with Gasteiger partial charge in [-0.1, -0.05) is 246 Å². The van der Waals surface area contributed by atoms with E-state index in [1.807, 2.05) is 0 Å². The summed E-state index contributed by atoms with van der Waals surface area (Å²) >= 11 is 0. The highest BCUT2D eigenvalue weighted by Gasteiger charge is 2.15. The Bertz CT molecular complexity index is 924. The first kappa shape index (κ1) is 65.3. The van der Waals surface area contributed by atoms with E-state index >= 15 is 0 Å². The number of unbranched alkanes of at least 4 members (excludes halogenated alkanes) is 35. The standard InChI is InChI=1S/C59H121N3O4/c1-5-9-12-15-18-21-24-27-30-33-36-41-49-61(55-57(63)46-39-40-47-59(65)66-53-45-38-35-32-29-26-23-20-17-14-11-7-3)51-43-44-52-62(56-58(64)54-60-48-8-4)50-42-37-34-31-28-25-22-19-16-13-10-6-2/h57-58,60,63-64H,5-56H2,1-4H3. The van der Waals surface area contributed by atoms with Gasteiger partial charge >= 0.3 is 5.97 Å². The molecule has 396 valence electrons. The lowest BCUT2D eigenvalue weighted by molar-refractivity contribution is -0.143. The number of ether oxygens (including phenoxy) is 1. The Morgan fingerprint density at radius 3 is 1.08 bits per heavy atom. The summed E-state index contributed by atoms with van der Waals surface area (Å²) in [5.41, 5.74) is 0. The third-order valence-electron chi connectivity index (χ3n) is 14.0. The van der Waals surface area contributed by atoms with Crippen molar-refractivity contribution in [1.82, 2.24) is 15.1 Å². The Balaban J connectivity index is 4.70. The van der Waals surface area contributed by atoms with E-state index in [2.05, 4.69) is 42.8 Å². The molecule has 0 saturated heterocycles. The quantitative estimate of drug-likeness (QED) is 0.0414. The highest BCUT2D eigenvalue weighted by Crippen LogP contribution is 2.16. The van der Waals surface area contributed by atoms with Gasteiger partial charge in [-0.25, -0.2) is 0 Å². The first-order valence-electron chi connectivity index (χ1n) is 30.1. The van der Waals surface area contributed by atoms with Crippen molar-refractivity contribution in [3.8, 4) is 0 Å². The van der Waals surface area contributed by atoms with Crippen LogP contribution < -0.4 is 5.32 Å². The van der Waals surface area contributed by atoms with Gasteiger partial charge < -0.3 is 30.1 Å². The van der Waals surface area contributed by atoms with E-state index < -0.39 is 0 Å². The second-order valence-corrected chi connectivity index (χ2v) is 21.0. The lowest BCUT2D eigenvalue weighted by atomic mass is 10.0. The number of nitrogens with zero attached hydrogens (tertiary/aromatic N) is 2. The Morgan fingerprint density at radius 1 is 0.394 bits per heavy atom. The smallest absolute Gasteiger partial charge is 0.305 e. The summed E-state index contributed by atoms with van der Waals surface area (Å²) in [5.74, 6) is -0.0706. The minimum Gasteiger partial charge on any atom is -0.466 e. The number of aliphatic hydroxyl groups excluding tert-OH is 2. The fourth-order valence-corrected chi connectivity index (χ4v) is 9.66. The minimum absolute atomic E-state index is 0.0706. The summed E-state index contributed by atoms with van der Waals surface area (Å²) in [6.07, 6.45) is 53.9. The van der Waals surface area contributed by atoms with Crippen LogP contribution in [0.4, 0.5) is 0 Å². The van der Waals surface area contributed by atoms with Gasteiger partial charge in [0.2, 0.25) is 0 Å². The second kappa shape index (κ2) is 55.2. The van der Waals surface area contributed by atoms with Gasteiger partial charge in [0.15, 0.2) is 0 Å².